The summed E-state index contributed by atoms with van der Waals surface area (Å²) in [6, 6.07) is 10.4. The minimum Gasteiger partial charge on any atom is -0.455 e. The van der Waals surface area contributed by atoms with Crippen molar-refractivity contribution < 1.29 is 9.13 Å². The Bertz CT molecular complexity index is 785. The molecule has 0 saturated carbocycles. The van der Waals surface area contributed by atoms with E-state index in [1.165, 1.54) is 6.07 Å². The predicted octanol–water partition coefficient (Wildman–Crippen LogP) is 4.17. The zero-order chi connectivity index (χ0) is 17.1. The summed E-state index contributed by atoms with van der Waals surface area (Å²) in [5, 5.41) is 9.06. The van der Waals surface area contributed by atoms with E-state index in [0.717, 1.165) is 31.5 Å². The van der Waals surface area contributed by atoms with Crippen molar-refractivity contribution in [3.63, 3.8) is 0 Å². The van der Waals surface area contributed by atoms with Crippen LogP contribution in [-0.4, -0.2) is 18.0 Å². The quantitative estimate of drug-likeness (QED) is 0.679. The highest BCUT2D eigenvalue weighted by atomic mass is 19.1. The average Bonchev–Trinajstić information content (AvgIpc) is 2.60. The summed E-state index contributed by atoms with van der Waals surface area (Å²) in [6.07, 6.45) is 4.26. The third-order valence-electron chi connectivity index (χ3n) is 4.44. The van der Waals surface area contributed by atoms with E-state index in [0.29, 0.717) is 28.7 Å². The number of nitriles is 1. The first kappa shape index (κ1) is 16.1. The Labute approximate surface area is 141 Å². The maximum absolute atomic E-state index is 13.6. The number of nitrogens with zero attached hydrogens (tertiary/aromatic N) is 2. The van der Waals surface area contributed by atoms with Gasteiger partial charge in [0.25, 0.3) is 0 Å². The van der Waals surface area contributed by atoms with Gasteiger partial charge in [-0.05, 0) is 49.1 Å². The lowest BCUT2D eigenvalue weighted by Gasteiger charge is -2.29. The molecule has 0 spiro atoms. The molecule has 2 aromatic carbocycles. The molecule has 1 unspecified atom stereocenters. The Morgan fingerprint density at radius 3 is 2.83 bits per heavy atom. The number of nitrogens with two attached hydrogens (primary N) is 1. The van der Waals surface area contributed by atoms with E-state index in [1.807, 2.05) is 18.2 Å². The lowest BCUT2D eigenvalue weighted by atomic mass is 9.90. The third kappa shape index (κ3) is 3.43. The van der Waals surface area contributed by atoms with Crippen LogP contribution in [0.3, 0.4) is 0 Å². The van der Waals surface area contributed by atoms with Crippen LogP contribution in [0.1, 0.15) is 29.9 Å². The van der Waals surface area contributed by atoms with Crippen LogP contribution in [0.4, 0.5) is 10.1 Å². The first-order valence-electron chi connectivity index (χ1n) is 8.05. The molecule has 24 heavy (non-hydrogen) atoms. The summed E-state index contributed by atoms with van der Waals surface area (Å²) >= 11 is 0. The Kier molecular flexibility index (Phi) is 4.57. The molecule has 4 nitrogen and oxygen atoms in total. The van der Waals surface area contributed by atoms with Crippen molar-refractivity contribution in [3.05, 3.63) is 53.3 Å². The molecule has 1 aliphatic rings. The smallest absolute Gasteiger partial charge is 0.179 e. The Morgan fingerprint density at radius 1 is 1.29 bits per heavy atom. The van der Waals surface area contributed by atoms with E-state index in [1.54, 1.807) is 24.0 Å². The second-order valence-corrected chi connectivity index (χ2v) is 6.20. The maximum atomic E-state index is 13.6. The average molecular weight is 325 g/mol. The van der Waals surface area contributed by atoms with Crippen LogP contribution in [-0.2, 0) is 0 Å². The molecule has 0 aromatic heterocycles. The molecule has 1 saturated heterocycles. The fraction of sp³-hybridized carbons (Fsp3) is 0.316. The van der Waals surface area contributed by atoms with Gasteiger partial charge in [-0.3, -0.25) is 0 Å². The largest absolute Gasteiger partial charge is 0.455 e. The van der Waals surface area contributed by atoms with Gasteiger partial charge in [-0.25, -0.2) is 4.39 Å². The minimum absolute atomic E-state index is 0.298. The summed E-state index contributed by atoms with van der Waals surface area (Å²) in [4.78, 5) is 1.78. The summed E-state index contributed by atoms with van der Waals surface area (Å²) < 4.78 is 19.3. The number of halogens is 1. The summed E-state index contributed by atoms with van der Waals surface area (Å²) in [5.41, 5.74) is 8.31. The van der Waals surface area contributed by atoms with Crippen molar-refractivity contribution >= 4 is 5.69 Å². The van der Waals surface area contributed by atoms with Gasteiger partial charge in [-0.2, -0.15) is 5.26 Å². The van der Waals surface area contributed by atoms with E-state index in [-0.39, 0.29) is 5.82 Å². The van der Waals surface area contributed by atoms with Crippen LogP contribution < -0.4 is 10.5 Å². The molecule has 2 aromatic rings. The van der Waals surface area contributed by atoms with Crippen molar-refractivity contribution in [3.8, 4) is 17.7 Å². The first-order valence-corrected chi connectivity index (χ1v) is 8.05. The summed E-state index contributed by atoms with van der Waals surface area (Å²) in [5.74, 6) is 0.925. The Balaban J connectivity index is 1.77. The number of hydrogen-bond acceptors (Lipinski definition) is 4. The molecule has 1 aliphatic heterocycles. The van der Waals surface area contributed by atoms with Crippen LogP contribution in [0.25, 0.3) is 0 Å². The van der Waals surface area contributed by atoms with Crippen molar-refractivity contribution in [1.82, 2.24) is 4.90 Å². The van der Waals surface area contributed by atoms with Crippen molar-refractivity contribution in [2.45, 2.75) is 25.7 Å². The molecule has 0 radical (unpaired) electrons. The maximum Gasteiger partial charge on any atom is 0.179 e. The number of benzene rings is 2. The molecule has 124 valence electrons. The van der Waals surface area contributed by atoms with Crippen LogP contribution in [0, 0.1) is 24.2 Å². The number of likely N-dealkylation sites (tertiary alicyclic amines) is 1. The molecule has 5 heteroatoms. The van der Waals surface area contributed by atoms with Gasteiger partial charge in [0, 0.05) is 25.1 Å². The highest BCUT2D eigenvalue weighted by Gasteiger charge is 2.21. The van der Waals surface area contributed by atoms with Crippen LogP contribution >= 0.6 is 0 Å². The molecular formula is C19H20FN3O. The predicted molar refractivity (Wildman–Crippen MR) is 91.2 cm³/mol. The fourth-order valence-electron chi connectivity index (χ4n) is 3.02. The number of piperidine rings is 1. The van der Waals surface area contributed by atoms with Gasteiger partial charge in [0.2, 0.25) is 0 Å². The molecule has 2 N–H and O–H groups in total. The van der Waals surface area contributed by atoms with Gasteiger partial charge in [-0.1, -0.05) is 12.1 Å². The highest BCUT2D eigenvalue weighted by Crippen LogP contribution is 2.33. The zero-order valence-electron chi connectivity index (χ0n) is 13.6. The fourth-order valence-corrected chi connectivity index (χ4v) is 3.02. The summed E-state index contributed by atoms with van der Waals surface area (Å²) in [6.45, 7) is 3.25. The first-order chi connectivity index (χ1) is 11.6. The van der Waals surface area contributed by atoms with E-state index in [4.69, 9.17) is 15.7 Å². The highest BCUT2D eigenvalue weighted by molar-refractivity contribution is 5.56. The topological polar surface area (TPSA) is 62.3 Å². The number of anilines is 1. The van der Waals surface area contributed by atoms with Gasteiger partial charge in [0.15, 0.2) is 6.19 Å². The Hall–Kier alpha value is -2.74. The number of ether oxygens (including phenoxy) is 1. The number of aryl methyl sites for hydroxylation is 1. The van der Waals surface area contributed by atoms with Crippen LogP contribution in [0.2, 0.25) is 0 Å². The standard InChI is InChI=1S/C19H20FN3O/c1-13-4-6-16(10-17(13)20)24-19-7-5-14(9-18(19)22)15-3-2-8-23(11-15)12-21/h4-7,9-10,15H,2-3,8,11,22H2,1H3. The van der Waals surface area contributed by atoms with Crippen LogP contribution in [0.15, 0.2) is 36.4 Å². The van der Waals surface area contributed by atoms with Crippen molar-refractivity contribution in [2.24, 2.45) is 0 Å². The zero-order valence-corrected chi connectivity index (χ0v) is 13.6. The van der Waals surface area contributed by atoms with E-state index in [2.05, 4.69) is 6.19 Å². The minimum atomic E-state index is -0.304. The van der Waals surface area contributed by atoms with Gasteiger partial charge in [-0.15, -0.1) is 0 Å². The van der Waals surface area contributed by atoms with E-state index >= 15 is 0 Å². The molecular weight excluding hydrogens is 305 g/mol. The number of rotatable bonds is 3. The van der Waals surface area contributed by atoms with Crippen molar-refractivity contribution in [1.29, 1.82) is 5.26 Å². The molecule has 1 heterocycles. The molecule has 3 rings (SSSR count). The van der Waals surface area contributed by atoms with Crippen molar-refractivity contribution in [2.75, 3.05) is 18.8 Å². The normalized spacial score (nSPS) is 17.4. The second kappa shape index (κ2) is 6.79. The van der Waals surface area contributed by atoms with Gasteiger partial charge < -0.3 is 15.4 Å². The molecule has 1 atom stereocenters. The monoisotopic (exact) mass is 325 g/mol. The van der Waals surface area contributed by atoms with Crippen LogP contribution in [0.5, 0.6) is 11.5 Å². The van der Waals surface area contributed by atoms with E-state index in [9.17, 15) is 4.39 Å². The number of nitrogen functional groups attached to an aromatic ring is 1. The van der Waals surface area contributed by atoms with Gasteiger partial charge in [0.1, 0.15) is 17.3 Å². The molecule has 0 aliphatic carbocycles. The van der Waals surface area contributed by atoms with Gasteiger partial charge in [0.05, 0.1) is 5.69 Å². The van der Waals surface area contributed by atoms with Gasteiger partial charge >= 0.3 is 0 Å². The SMILES string of the molecule is Cc1ccc(Oc2ccc(C3CCCN(C#N)C3)cc2N)cc1F. The molecule has 1 fully saturated rings. The molecule has 0 amide bonds. The molecule has 0 bridgehead atoms. The second-order valence-electron chi connectivity index (χ2n) is 6.20. The van der Waals surface area contributed by atoms with E-state index < -0.39 is 0 Å². The third-order valence-corrected chi connectivity index (χ3v) is 4.44. The Morgan fingerprint density at radius 2 is 2.12 bits per heavy atom. The lowest BCUT2D eigenvalue weighted by Crippen LogP contribution is -2.30. The number of hydrogen-bond donors (Lipinski definition) is 1. The summed E-state index contributed by atoms with van der Waals surface area (Å²) in [7, 11) is 0. The lowest BCUT2D eigenvalue weighted by molar-refractivity contribution is 0.291.